The van der Waals surface area contributed by atoms with Crippen LogP contribution >= 0.6 is 0 Å². The number of rotatable bonds is 0. The van der Waals surface area contributed by atoms with Crippen molar-refractivity contribution in [1.82, 2.24) is 0 Å². The highest BCUT2D eigenvalue weighted by Crippen LogP contribution is 2.25. The topological polar surface area (TPSA) is 4.10 Å². The maximum atomic E-state index is 2.30. The highest BCUT2D eigenvalue weighted by atomic mass is 14.9. The third-order valence-corrected chi connectivity index (χ3v) is 3.83. The third-order valence-electron chi connectivity index (χ3n) is 3.83. The van der Waals surface area contributed by atoms with Crippen molar-refractivity contribution in [2.45, 2.75) is 6.92 Å². The fourth-order valence-corrected chi connectivity index (χ4v) is 2.91. The summed E-state index contributed by atoms with van der Waals surface area (Å²) < 4.78 is 2.27. The molecule has 2 aromatic carbocycles. The highest BCUT2D eigenvalue weighted by Gasteiger charge is 2.13. The zero-order valence-corrected chi connectivity index (χ0v) is 10.8. The maximum Gasteiger partial charge on any atom is 0.219 e. The molecule has 0 N–H and O–H groups in total. The fourth-order valence-electron chi connectivity index (χ4n) is 2.91. The number of benzene rings is 2. The summed E-state index contributed by atoms with van der Waals surface area (Å²) in [5, 5.41) is 3.94. The summed E-state index contributed by atoms with van der Waals surface area (Å²) >= 11 is 0. The lowest BCUT2D eigenvalue weighted by molar-refractivity contribution is -0.481. The Labute approximate surface area is 111 Å². The predicted molar refractivity (Wildman–Crippen MR) is 79.4 cm³/mol. The van der Waals surface area contributed by atoms with Crippen molar-refractivity contribution in [1.29, 1.82) is 0 Å². The number of hydrogen-bond acceptors (Lipinski definition) is 0. The number of aryl methyl sites for hydroxylation is 1. The zero-order valence-electron chi connectivity index (χ0n) is 10.8. The van der Waals surface area contributed by atoms with Crippen LogP contribution in [0.5, 0.6) is 0 Å². The normalized spacial score (nSPS) is 11.4. The predicted octanol–water partition coefficient (Wildman–Crippen LogP) is 4.04. The van der Waals surface area contributed by atoms with Gasteiger partial charge in [0.15, 0.2) is 6.20 Å². The summed E-state index contributed by atoms with van der Waals surface area (Å²) in [6, 6.07) is 21.6. The first kappa shape index (κ1) is 10.5. The van der Waals surface area contributed by atoms with Crippen molar-refractivity contribution in [3.63, 3.8) is 0 Å². The van der Waals surface area contributed by atoms with Gasteiger partial charge in [0.1, 0.15) is 0 Å². The van der Waals surface area contributed by atoms with Crippen molar-refractivity contribution in [3.8, 4) is 0 Å². The molecule has 0 saturated heterocycles. The third kappa shape index (κ3) is 1.45. The number of pyridine rings is 2. The minimum absolute atomic E-state index is 1.26. The van der Waals surface area contributed by atoms with Crippen LogP contribution in [0.3, 0.4) is 0 Å². The molecule has 0 saturated carbocycles. The van der Waals surface area contributed by atoms with Gasteiger partial charge in [-0.15, -0.1) is 0 Å². The molecular formula is C18H14N+. The zero-order chi connectivity index (χ0) is 12.8. The van der Waals surface area contributed by atoms with E-state index >= 15 is 0 Å². The molecule has 0 unspecified atom stereocenters. The van der Waals surface area contributed by atoms with Gasteiger partial charge in [-0.2, -0.15) is 4.40 Å². The lowest BCUT2D eigenvalue weighted by Crippen LogP contribution is -2.23. The van der Waals surface area contributed by atoms with Gasteiger partial charge in [0, 0.05) is 23.8 Å². The summed E-state index contributed by atoms with van der Waals surface area (Å²) in [6.07, 6.45) is 2.14. The lowest BCUT2D eigenvalue weighted by atomic mass is 10.0. The first-order valence-electron chi connectivity index (χ1n) is 6.56. The quantitative estimate of drug-likeness (QED) is 0.325. The van der Waals surface area contributed by atoms with Crippen molar-refractivity contribution in [2.24, 2.45) is 0 Å². The largest absolute Gasteiger partial charge is 0.219 e. The first-order valence-corrected chi connectivity index (χ1v) is 6.56. The Hall–Kier alpha value is -2.41. The molecule has 2 heterocycles. The Kier molecular flexibility index (Phi) is 2.10. The van der Waals surface area contributed by atoms with E-state index in [0.29, 0.717) is 0 Å². The van der Waals surface area contributed by atoms with E-state index in [0.717, 1.165) is 0 Å². The summed E-state index contributed by atoms with van der Waals surface area (Å²) in [4.78, 5) is 0. The number of aromatic nitrogens is 1. The molecule has 1 heteroatoms. The monoisotopic (exact) mass is 244 g/mol. The second kappa shape index (κ2) is 3.79. The summed E-state index contributed by atoms with van der Waals surface area (Å²) in [5.41, 5.74) is 3.84. The number of fused-ring (bicyclic) bond motifs is 5. The van der Waals surface area contributed by atoms with Gasteiger partial charge >= 0.3 is 0 Å². The van der Waals surface area contributed by atoms with E-state index in [1.54, 1.807) is 0 Å². The second-order valence-electron chi connectivity index (χ2n) is 5.00. The van der Waals surface area contributed by atoms with E-state index in [1.807, 2.05) is 0 Å². The smallest absolute Gasteiger partial charge is 0.160 e. The van der Waals surface area contributed by atoms with Gasteiger partial charge in [-0.25, -0.2) is 0 Å². The molecule has 0 aliphatic heterocycles. The second-order valence-corrected chi connectivity index (χ2v) is 5.00. The van der Waals surface area contributed by atoms with E-state index < -0.39 is 0 Å². The molecule has 4 rings (SSSR count). The van der Waals surface area contributed by atoms with Gasteiger partial charge < -0.3 is 0 Å². The molecule has 0 aliphatic carbocycles. The van der Waals surface area contributed by atoms with Crippen LogP contribution in [0.4, 0.5) is 0 Å². The van der Waals surface area contributed by atoms with E-state index in [4.69, 9.17) is 0 Å². The molecule has 90 valence electrons. The number of nitrogens with zero attached hydrogens (tertiary/aromatic N) is 1. The minimum Gasteiger partial charge on any atom is -0.160 e. The van der Waals surface area contributed by atoms with Crippen LogP contribution < -0.4 is 4.40 Å². The summed E-state index contributed by atoms with van der Waals surface area (Å²) in [5.74, 6) is 0. The van der Waals surface area contributed by atoms with E-state index in [1.165, 1.54) is 32.8 Å². The van der Waals surface area contributed by atoms with Crippen LogP contribution in [0.1, 0.15) is 5.56 Å². The van der Waals surface area contributed by atoms with Crippen molar-refractivity contribution in [3.05, 3.63) is 72.4 Å². The first-order chi connectivity index (χ1) is 9.34. The van der Waals surface area contributed by atoms with Crippen LogP contribution in [0.2, 0.25) is 0 Å². The van der Waals surface area contributed by atoms with E-state index in [9.17, 15) is 0 Å². The fraction of sp³-hybridized carbons (Fsp3) is 0.0556. The summed E-state index contributed by atoms with van der Waals surface area (Å²) in [6.45, 7) is 2.18. The molecule has 0 radical (unpaired) electrons. The average molecular weight is 244 g/mol. The average Bonchev–Trinajstić information content (AvgIpc) is 2.47. The molecule has 0 fully saturated rings. The molecule has 4 aromatic rings. The van der Waals surface area contributed by atoms with Gasteiger partial charge in [0.05, 0.1) is 5.39 Å². The molecule has 0 amide bonds. The SMILES string of the molecule is Cc1cc2c3ccccc3ccc2[n+]2ccccc12. The molecule has 0 atom stereocenters. The van der Waals surface area contributed by atoms with Crippen LogP contribution in [-0.2, 0) is 0 Å². The Morgan fingerprint density at radius 1 is 0.737 bits per heavy atom. The number of hydrogen-bond donors (Lipinski definition) is 0. The molecule has 0 spiro atoms. The molecule has 1 nitrogen and oxygen atoms in total. The molecule has 2 aromatic heterocycles. The molecule has 0 bridgehead atoms. The van der Waals surface area contributed by atoms with Crippen molar-refractivity contribution >= 4 is 27.2 Å². The van der Waals surface area contributed by atoms with Gasteiger partial charge in [-0.3, -0.25) is 0 Å². The van der Waals surface area contributed by atoms with Gasteiger partial charge in [-0.1, -0.05) is 24.3 Å². The van der Waals surface area contributed by atoms with E-state index in [2.05, 4.69) is 78.2 Å². The highest BCUT2D eigenvalue weighted by molar-refractivity contribution is 6.05. The minimum atomic E-state index is 1.26. The lowest BCUT2D eigenvalue weighted by Gasteiger charge is -2.04. The van der Waals surface area contributed by atoms with Crippen molar-refractivity contribution < 1.29 is 4.40 Å². The van der Waals surface area contributed by atoms with Gasteiger partial charge in [0.25, 0.3) is 0 Å². The molecular weight excluding hydrogens is 230 g/mol. The van der Waals surface area contributed by atoms with Gasteiger partial charge in [-0.05, 0) is 35.9 Å². The van der Waals surface area contributed by atoms with Crippen LogP contribution in [-0.4, -0.2) is 0 Å². The molecule has 0 aliphatic rings. The Bertz CT molecular complexity index is 922. The van der Waals surface area contributed by atoms with Crippen LogP contribution in [0.15, 0.2) is 66.9 Å². The van der Waals surface area contributed by atoms with Crippen LogP contribution in [0.25, 0.3) is 27.2 Å². The molecule has 19 heavy (non-hydrogen) atoms. The maximum absolute atomic E-state index is 2.30. The standard InChI is InChI=1S/C18H14N/c1-13-12-16-15-7-3-2-6-14(15)9-10-18(16)19-11-5-4-8-17(13)19/h2-12H,1H3/q+1. The Balaban J connectivity index is 2.34. The summed E-state index contributed by atoms with van der Waals surface area (Å²) in [7, 11) is 0. The Morgan fingerprint density at radius 2 is 1.58 bits per heavy atom. The van der Waals surface area contributed by atoms with Crippen molar-refractivity contribution in [2.75, 3.05) is 0 Å². The van der Waals surface area contributed by atoms with E-state index in [-0.39, 0.29) is 0 Å². The van der Waals surface area contributed by atoms with Crippen LogP contribution in [0, 0.1) is 6.92 Å². The Morgan fingerprint density at radius 3 is 2.53 bits per heavy atom. The van der Waals surface area contributed by atoms with Gasteiger partial charge in [0.2, 0.25) is 11.0 Å².